The Morgan fingerprint density at radius 3 is 2.67 bits per heavy atom. The minimum Gasteiger partial charge on any atom is -0.508 e. The molecule has 0 saturated carbocycles. The number of hydrogen-bond acceptors (Lipinski definition) is 5. The third-order valence-corrected chi connectivity index (χ3v) is 3.97. The minimum absolute atomic E-state index is 0.117. The summed E-state index contributed by atoms with van der Waals surface area (Å²) in [4.78, 5) is 18.2. The van der Waals surface area contributed by atoms with Crippen molar-refractivity contribution in [1.82, 2.24) is 9.88 Å². The van der Waals surface area contributed by atoms with E-state index in [0.29, 0.717) is 13.0 Å². The predicted octanol–water partition coefficient (Wildman–Crippen LogP) is 1.69. The van der Waals surface area contributed by atoms with E-state index in [1.165, 1.54) is 0 Å². The van der Waals surface area contributed by atoms with E-state index in [9.17, 15) is 9.90 Å². The second-order valence-corrected chi connectivity index (χ2v) is 6.09. The first-order valence-corrected chi connectivity index (χ1v) is 7.53. The highest BCUT2D eigenvalue weighted by atomic mass is 32.1. The standard InChI is InChI=1S/C15H19N3O2S/c1-10-17-12(9-21-10)8-18(2)15(20)14(16)7-11-3-5-13(19)6-4-11/h3-6,9,14,19H,7-8,16H2,1-2H3. The lowest BCUT2D eigenvalue weighted by atomic mass is 10.1. The molecule has 1 aromatic carbocycles. The molecule has 21 heavy (non-hydrogen) atoms. The molecule has 3 N–H and O–H groups in total. The van der Waals surface area contributed by atoms with Gasteiger partial charge in [-0.15, -0.1) is 11.3 Å². The summed E-state index contributed by atoms with van der Waals surface area (Å²) < 4.78 is 0. The largest absolute Gasteiger partial charge is 0.508 e. The van der Waals surface area contributed by atoms with Gasteiger partial charge in [-0.3, -0.25) is 4.79 Å². The van der Waals surface area contributed by atoms with Gasteiger partial charge in [-0.25, -0.2) is 4.98 Å². The molecule has 2 rings (SSSR count). The summed E-state index contributed by atoms with van der Waals surface area (Å²) in [6.07, 6.45) is 0.444. The summed E-state index contributed by atoms with van der Waals surface area (Å²) in [7, 11) is 1.73. The van der Waals surface area contributed by atoms with Gasteiger partial charge in [-0.1, -0.05) is 12.1 Å². The van der Waals surface area contributed by atoms with E-state index < -0.39 is 6.04 Å². The second-order valence-electron chi connectivity index (χ2n) is 5.03. The SMILES string of the molecule is Cc1nc(CN(C)C(=O)C(N)Cc2ccc(O)cc2)cs1. The Hall–Kier alpha value is -1.92. The lowest BCUT2D eigenvalue weighted by Gasteiger charge is -2.20. The Kier molecular flexibility index (Phi) is 4.93. The molecule has 1 amide bonds. The van der Waals surface area contributed by atoms with Crippen LogP contribution < -0.4 is 5.73 Å². The lowest BCUT2D eigenvalue weighted by molar-refractivity contribution is -0.131. The molecule has 0 spiro atoms. The van der Waals surface area contributed by atoms with Crippen LogP contribution in [0, 0.1) is 6.92 Å². The van der Waals surface area contributed by atoms with E-state index in [-0.39, 0.29) is 11.7 Å². The number of hydrogen-bond donors (Lipinski definition) is 2. The van der Waals surface area contributed by atoms with Crippen molar-refractivity contribution in [3.63, 3.8) is 0 Å². The second kappa shape index (κ2) is 6.69. The number of nitrogens with two attached hydrogens (primary N) is 1. The van der Waals surface area contributed by atoms with Crippen molar-refractivity contribution in [3.8, 4) is 5.75 Å². The van der Waals surface area contributed by atoms with Crippen molar-refractivity contribution in [2.45, 2.75) is 25.9 Å². The van der Waals surface area contributed by atoms with Gasteiger partial charge in [0.25, 0.3) is 0 Å². The van der Waals surface area contributed by atoms with Gasteiger partial charge in [0.15, 0.2) is 0 Å². The fourth-order valence-corrected chi connectivity index (χ4v) is 2.66. The van der Waals surface area contributed by atoms with E-state index in [0.717, 1.165) is 16.3 Å². The molecule has 1 aromatic heterocycles. The molecule has 0 aliphatic heterocycles. The number of rotatable bonds is 5. The number of benzene rings is 1. The quantitative estimate of drug-likeness (QED) is 0.881. The summed E-state index contributed by atoms with van der Waals surface area (Å²) in [6.45, 7) is 2.40. The van der Waals surface area contributed by atoms with Crippen LogP contribution in [0.4, 0.5) is 0 Å². The third kappa shape index (κ3) is 4.27. The van der Waals surface area contributed by atoms with Crippen LogP contribution in [0.15, 0.2) is 29.6 Å². The molecular weight excluding hydrogens is 286 g/mol. The smallest absolute Gasteiger partial charge is 0.239 e. The third-order valence-electron chi connectivity index (χ3n) is 3.15. The van der Waals surface area contributed by atoms with Crippen molar-refractivity contribution in [3.05, 3.63) is 45.9 Å². The molecule has 0 aliphatic carbocycles. The van der Waals surface area contributed by atoms with Gasteiger partial charge < -0.3 is 15.7 Å². The Morgan fingerprint density at radius 1 is 1.43 bits per heavy atom. The van der Waals surface area contributed by atoms with Crippen LogP contribution in [0.1, 0.15) is 16.3 Å². The topological polar surface area (TPSA) is 79.5 Å². The lowest BCUT2D eigenvalue weighted by Crippen LogP contribution is -2.42. The Morgan fingerprint density at radius 2 is 2.10 bits per heavy atom. The molecule has 5 nitrogen and oxygen atoms in total. The van der Waals surface area contributed by atoms with Gasteiger partial charge in [0, 0.05) is 12.4 Å². The van der Waals surface area contributed by atoms with Crippen LogP contribution in [0.3, 0.4) is 0 Å². The van der Waals surface area contributed by atoms with Crippen molar-refractivity contribution < 1.29 is 9.90 Å². The van der Waals surface area contributed by atoms with Crippen LogP contribution >= 0.6 is 11.3 Å². The summed E-state index contributed by atoms with van der Waals surface area (Å²) in [5, 5.41) is 12.2. The van der Waals surface area contributed by atoms with Crippen LogP contribution in [0.5, 0.6) is 5.75 Å². The van der Waals surface area contributed by atoms with E-state index in [4.69, 9.17) is 5.73 Å². The van der Waals surface area contributed by atoms with Crippen LogP contribution in [0.2, 0.25) is 0 Å². The number of carbonyl (C=O) groups is 1. The average Bonchev–Trinajstić information content (AvgIpc) is 2.85. The molecule has 1 atom stereocenters. The first-order valence-electron chi connectivity index (χ1n) is 6.65. The van der Waals surface area contributed by atoms with Crippen LogP contribution in [0.25, 0.3) is 0 Å². The molecule has 0 bridgehead atoms. The maximum absolute atomic E-state index is 12.3. The Labute approximate surface area is 128 Å². The first-order chi connectivity index (χ1) is 9.95. The number of nitrogens with zero attached hydrogens (tertiary/aromatic N) is 2. The fourth-order valence-electron chi connectivity index (χ4n) is 2.06. The maximum Gasteiger partial charge on any atom is 0.239 e. The van der Waals surface area contributed by atoms with Gasteiger partial charge in [0.2, 0.25) is 5.91 Å². The predicted molar refractivity (Wildman–Crippen MR) is 83.1 cm³/mol. The number of aromatic hydroxyl groups is 1. The molecule has 6 heteroatoms. The number of carbonyl (C=O) groups excluding carboxylic acids is 1. The van der Waals surface area contributed by atoms with Crippen LogP contribution in [-0.2, 0) is 17.8 Å². The molecule has 112 valence electrons. The monoisotopic (exact) mass is 305 g/mol. The molecule has 0 saturated heterocycles. The molecular formula is C15H19N3O2S. The van der Waals surface area contributed by atoms with E-state index in [1.54, 1.807) is 47.5 Å². The number of aryl methyl sites for hydroxylation is 1. The molecule has 2 aromatic rings. The number of amides is 1. The zero-order chi connectivity index (χ0) is 15.4. The number of phenolic OH excluding ortho intramolecular Hbond substituents is 1. The van der Waals surface area contributed by atoms with Gasteiger partial charge >= 0.3 is 0 Å². The highest BCUT2D eigenvalue weighted by Gasteiger charge is 2.19. The maximum atomic E-state index is 12.3. The summed E-state index contributed by atoms with van der Waals surface area (Å²) >= 11 is 1.57. The Balaban J connectivity index is 1.93. The summed E-state index contributed by atoms with van der Waals surface area (Å²) in [5.41, 5.74) is 7.78. The minimum atomic E-state index is -0.598. The molecule has 1 heterocycles. The van der Waals surface area contributed by atoms with Gasteiger partial charge in [0.1, 0.15) is 5.75 Å². The number of phenols is 1. The van der Waals surface area contributed by atoms with Crippen LogP contribution in [-0.4, -0.2) is 34.0 Å². The number of thiazole rings is 1. The zero-order valence-electron chi connectivity index (χ0n) is 12.1. The highest BCUT2D eigenvalue weighted by molar-refractivity contribution is 7.09. The molecule has 0 fully saturated rings. The normalized spacial score (nSPS) is 12.1. The Bertz CT molecular complexity index is 610. The van der Waals surface area contributed by atoms with Crippen molar-refractivity contribution >= 4 is 17.2 Å². The summed E-state index contributed by atoms with van der Waals surface area (Å²) in [5.74, 6) is 0.0865. The first kappa shape index (κ1) is 15.5. The van der Waals surface area contributed by atoms with Crippen molar-refractivity contribution in [1.29, 1.82) is 0 Å². The van der Waals surface area contributed by atoms with E-state index in [1.807, 2.05) is 12.3 Å². The van der Waals surface area contributed by atoms with Crippen molar-refractivity contribution in [2.75, 3.05) is 7.05 Å². The van der Waals surface area contributed by atoms with Gasteiger partial charge in [-0.05, 0) is 31.0 Å². The van der Waals surface area contributed by atoms with E-state index in [2.05, 4.69) is 4.98 Å². The number of likely N-dealkylation sites (N-methyl/N-ethyl adjacent to an activating group) is 1. The molecule has 1 unspecified atom stereocenters. The highest BCUT2D eigenvalue weighted by Crippen LogP contribution is 2.13. The molecule has 0 aliphatic rings. The summed E-state index contributed by atoms with van der Waals surface area (Å²) in [6, 6.07) is 6.13. The van der Waals surface area contributed by atoms with Gasteiger partial charge in [0.05, 0.1) is 23.3 Å². The fraction of sp³-hybridized carbons (Fsp3) is 0.333. The van der Waals surface area contributed by atoms with Gasteiger partial charge in [-0.2, -0.15) is 0 Å². The number of aromatic nitrogens is 1. The molecule has 0 radical (unpaired) electrons. The average molecular weight is 305 g/mol. The van der Waals surface area contributed by atoms with E-state index >= 15 is 0 Å². The zero-order valence-corrected chi connectivity index (χ0v) is 12.9. The van der Waals surface area contributed by atoms with Crippen molar-refractivity contribution in [2.24, 2.45) is 5.73 Å².